The molecule has 0 aliphatic carbocycles. The van der Waals surface area contributed by atoms with Crippen molar-refractivity contribution in [2.45, 2.75) is 19.4 Å². The molecule has 2 heterocycles. The Balaban J connectivity index is 2.53. The first-order valence-electron chi connectivity index (χ1n) is 5.07. The van der Waals surface area contributed by atoms with Crippen molar-refractivity contribution < 1.29 is 5.21 Å². The molecule has 2 aromatic rings. The molecule has 76 valence electrons. The molecule has 0 radical (unpaired) electrons. The van der Waals surface area contributed by atoms with Crippen LogP contribution in [0.25, 0.3) is 10.9 Å². The molecule has 15 heavy (non-hydrogen) atoms. The largest absolute Gasteiger partial charge is 0.409 e. The molecule has 0 unspecified atom stereocenters. The maximum absolute atomic E-state index is 8.92. The molecule has 1 aliphatic rings. The van der Waals surface area contributed by atoms with E-state index in [1.54, 1.807) is 0 Å². The zero-order chi connectivity index (χ0) is 10.3. The predicted octanol–water partition coefficient (Wildman–Crippen LogP) is 1.27. The van der Waals surface area contributed by atoms with Crippen molar-refractivity contribution in [3.63, 3.8) is 0 Å². The minimum atomic E-state index is 0.429. The third kappa shape index (κ3) is 1.14. The van der Waals surface area contributed by atoms with Crippen LogP contribution < -0.4 is 5.49 Å². The fourth-order valence-electron chi connectivity index (χ4n) is 2.19. The topological polar surface area (TPSA) is 50.4 Å². The highest BCUT2D eigenvalue weighted by Gasteiger charge is 2.14. The number of nitrogens with zero attached hydrogens (tertiary/aromatic N) is 3. The highest BCUT2D eigenvalue weighted by atomic mass is 16.4. The van der Waals surface area contributed by atoms with Crippen LogP contribution in [0.2, 0.25) is 0 Å². The van der Waals surface area contributed by atoms with E-state index < -0.39 is 0 Å². The molecule has 4 nitrogen and oxygen atoms in total. The Kier molecular flexibility index (Phi) is 1.74. The quantitative estimate of drug-likeness (QED) is 0.515. The van der Waals surface area contributed by atoms with Gasteiger partial charge in [0, 0.05) is 18.4 Å². The van der Waals surface area contributed by atoms with Gasteiger partial charge in [-0.2, -0.15) is 0 Å². The first kappa shape index (κ1) is 8.47. The Hall–Kier alpha value is -1.84. The summed E-state index contributed by atoms with van der Waals surface area (Å²) in [6, 6.07) is 7.90. The van der Waals surface area contributed by atoms with Crippen molar-refractivity contribution in [2.24, 2.45) is 5.16 Å². The third-order valence-corrected chi connectivity index (χ3v) is 2.86. The molecule has 1 aliphatic heterocycles. The van der Waals surface area contributed by atoms with Gasteiger partial charge in [0.05, 0.1) is 5.52 Å². The van der Waals surface area contributed by atoms with E-state index in [0.29, 0.717) is 5.49 Å². The smallest absolute Gasteiger partial charge is 0.202 e. The van der Waals surface area contributed by atoms with Gasteiger partial charge in [-0.25, -0.2) is 4.98 Å². The average molecular weight is 201 g/mol. The zero-order valence-electron chi connectivity index (χ0n) is 8.22. The van der Waals surface area contributed by atoms with Gasteiger partial charge in [-0.3, -0.25) is 0 Å². The van der Waals surface area contributed by atoms with Crippen LogP contribution in [0, 0.1) is 0 Å². The number of para-hydroxylation sites is 1. The second kappa shape index (κ2) is 3.08. The molecule has 3 rings (SSSR count). The molecule has 1 aromatic heterocycles. The molecule has 0 amide bonds. The molecule has 4 heteroatoms. The van der Waals surface area contributed by atoms with E-state index in [2.05, 4.69) is 14.7 Å². The fraction of sp³-hybridized carbons (Fsp3) is 0.273. The van der Waals surface area contributed by atoms with E-state index in [4.69, 9.17) is 5.21 Å². The van der Waals surface area contributed by atoms with Crippen molar-refractivity contribution in [1.29, 1.82) is 0 Å². The first-order chi connectivity index (χ1) is 7.40. The Morgan fingerprint density at radius 2 is 2.20 bits per heavy atom. The van der Waals surface area contributed by atoms with Crippen LogP contribution in [0.4, 0.5) is 0 Å². The maximum atomic E-state index is 8.92. The van der Waals surface area contributed by atoms with E-state index in [-0.39, 0.29) is 0 Å². The second-order valence-electron chi connectivity index (χ2n) is 3.72. The Morgan fingerprint density at radius 3 is 3.07 bits per heavy atom. The fourth-order valence-corrected chi connectivity index (χ4v) is 2.19. The highest BCUT2D eigenvalue weighted by molar-refractivity contribution is 5.78. The standard InChI is InChI=1S/C11H11N3O/c15-13-11-8-4-1-2-5-9(8)14-7-3-6-10(14)12-11/h1-2,4-5,15H,3,6-7H2/b13-11-. The van der Waals surface area contributed by atoms with Crippen LogP contribution in [0.1, 0.15) is 12.2 Å². The first-order valence-corrected chi connectivity index (χ1v) is 5.07. The summed E-state index contributed by atoms with van der Waals surface area (Å²) in [7, 11) is 0. The minimum Gasteiger partial charge on any atom is -0.409 e. The summed E-state index contributed by atoms with van der Waals surface area (Å²) in [5.41, 5.74) is 1.53. The third-order valence-electron chi connectivity index (χ3n) is 2.86. The Labute approximate surface area is 86.5 Å². The van der Waals surface area contributed by atoms with E-state index >= 15 is 0 Å². The Bertz CT molecular complexity index is 586. The summed E-state index contributed by atoms with van der Waals surface area (Å²) in [6.07, 6.45) is 2.08. The van der Waals surface area contributed by atoms with Gasteiger partial charge in [-0.15, -0.1) is 0 Å². The highest BCUT2D eigenvalue weighted by Crippen LogP contribution is 2.17. The lowest BCUT2D eigenvalue weighted by Crippen LogP contribution is -2.16. The maximum Gasteiger partial charge on any atom is 0.202 e. The predicted molar refractivity (Wildman–Crippen MR) is 55.4 cm³/mol. The lowest BCUT2D eigenvalue weighted by molar-refractivity contribution is 0.299. The van der Waals surface area contributed by atoms with Crippen LogP contribution in [0.5, 0.6) is 0 Å². The van der Waals surface area contributed by atoms with Crippen molar-refractivity contribution in [3.05, 3.63) is 35.6 Å². The monoisotopic (exact) mass is 201 g/mol. The number of aryl methyl sites for hydroxylation is 2. The number of benzene rings is 1. The lowest BCUT2D eigenvalue weighted by Gasteiger charge is -2.07. The van der Waals surface area contributed by atoms with Crippen LogP contribution in [-0.4, -0.2) is 14.8 Å². The normalized spacial score (nSPS) is 15.9. The van der Waals surface area contributed by atoms with Gasteiger partial charge in [0.2, 0.25) is 5.49 Å². The van der Waals surface area contributed by atoms with Gasteiger partial charge in [-0.05, 0) is 18.6 Å². The van der Waals surface area contributed by atoms with E-state index in [1.165, 1.54) is 0 Å². The molecule has 0 atom stereocenters. The number of rotatable bonds is 0. The number of hydrogen-bond donors (Lipinski definition) is 1. The van der Waals surface area contributed by atoms with E-state index in [1.807, 2.05) is 24.3 Å². The molecular formula is C11H11N3O. The minimum absolute atomic E-state index is 0.429. The summed E-state index contributed by atoms with van der Waals surface area (Å²) in [4.78, 5) is 4.35. The van der Waals surface area contributed by atoms with Gasteiger partial charge in [0.15, 0.2) is 0 Å². The van der Waals surface area contributed by atoms with Crippen molar-refractivity contribution in [3.8, 4) is 0 Å². The number of fused-ring (bicyclic) bond motifs is 3. The van der Waals surface area contributed by atoms with Gasteiger partial charge in [0.25, 0.3) is 0 Å². The summed E-state index contributed by atoms with van der Waals surface area (Å²) in [6.45, 7) is 1.01. The van der Waals surface area contributed by atoms with E-state index in [9.17, 15) is 0 Å². The van der Waals surface area contributed by atoms with Gasteiger partial charge >= 0.3 is 0 Å². The summed E-state index contributed by atoms with van der Waals surface area (Å²) >= 11 is 0. The van der Waals surface area contributed by atoms with Gasteiger partial charge in [-0.1, -0.05) is 17.3 Å². The van der Waals surface area contributed by atoms with Crippen LogP contribution >= 0.6 is 0 Å². The summed E-state index contributed by atoms with van der Waals surface area (Å²) in [5.74, 6) is 1.02. The van der Waals surface area contributed by atoms with Crippen LogP contribution in [-0.2, 0) is 13.0 Å². The number of hydrogen-bond acceptors (Lipinski definition) is 3. The molecule has 1 N–H and O–H groups in total. The SMILES string of the molecule is O/N=c1\nc2n(c3ccccc13)CCC2. The molecule has 0 saturated carbocycles. The van der Waals surface area contributed by atoms with Crippen LogP contribution in [0.3, 0.4) is 0 Å². The Morgan fingerprint density at radius 1 is 1.33 bits per heavy atom. The summed E-state index contributed by atoms with van der Waals surface area (Å²) in [5, 5.41) is 13.1. The van der Waals surface area contributed by atoms with Crippen molar-refractivity contribution in [1.82, 2.24) is 9.55 Å². The second-order valence-corrected chi connectivity index (χ2v) is 3.72. The molecule has 0 bridgehead atoms. The van der Waals surface area contributed by atoms with Crippen LogP contribution in [0.15, 0.2) is 29.4 Å². The molecular weight excluding hydrogens is 190 g/mol. The summed E-state index contributed by atoms with van der Waals surface area (Å²) < 4.78 is 2.20. The zero-order valence-corrected chi connectivity index (χ0v) is 8.22. The molecule has 0 fully saturated rings. The average Bonchev–Trinajstić information content (AvgIpc) is 2.76. The number of aromatic nitrogens is 2. The molecule has 0 saturated heterocycles. The van der Waals surface area contributed by atoms with Gasteiger partial charge < -0.3 is 9.77 Å². The van der Waals surface area contributed by atoms with E-state index in [0.717, 1.165) is 36.1 Å². The molecule has 0 spiro atoms. The lowest BCUT2D eigenvalue weighted by atomic mass is 10.2. The molecule has 1 aromatic carbocycles. The van der Waals surface area contributed by atoms with Crippen molar-refractivity contribution >= 4 is 10.9 Å². The van der Waals surface area contributed by atoms with Gasteiger partial charge in [0.1, 0.15) is 5.82 Å². The van der Waals surface area contributed by atoms with Crippen molar-refractivity contribution in [2.75, 3.05) is 0 Å².